The summed E-state index contributed by atoms with van der Waals surface area (Å²) in [5.74, 6) is 3.03. The molecule has 4 rings (SSSR count). The van der Waals surface area contributed by atoms with E-state index < -0.39 is 0 Å². The van der Waals surface area contributed by atoms with Crippen LogP contribution in [0.2, 0.25) is 0 Å². The van der Waals surface area contributed by atoms with Crippen molar-refractivity contribution in [3.8, 4) is 5.69 Å². The number of anilines is 1. The second-order valence-electron chi connectivity index (χ2n) is 7.12. The van der Waals surface area contributed by atoms with Crippen molar-refractivity contribution >= 4 is 5.69 Å². The van der Waals surface area contributed by atoms with Crippen LogP contribution >= 0.6 is 0 Å². The Kier molecular flexibility index (Phi) is 4.74. The van der Waals surface area contributed by atoms with Crippen LogP contribution in [0.25, 0.3) is 5.69 Å². The van der Waals surface area contributed by atoms with Crippen molar-refractivity contribution in [1.82, 2.24) is 25.5 Å². The van der Waals surface area contributed by atoms with Crippen molar-refractivity contribution in [2.45, 2.75) is 32.1 Å². The van der Waals surface area contributed by atoms with Gasteiger partial charge in [-0.25, -0.2) is 4.68 Å². The first-order chi connectivity index (χ1) is 11.9. The molecular weight excluding hydrogens is 300 g/mol. The zero-order chi connectivity index (χ0) is 16.2. The maximum Gasteiger partial charge on any atom is 0.143 e. The molecule has 2 fully saturated rings. The molecule has 6 nitrogen and oxygen atoms in total. The molecular formula is C18H26N6. The van der Waals surface area contributed by atoms with Crippen molar-refractivity contribution < 1.29 is 0 Å². The van der Waals surface area contributed by atoms with E-state index in [0.29, 0.717) is 0 Å². The summed E-state index contributed by atoms with van der Waals surface area (Å²) in [5, 5.41) is 18.2. The van der Waals surface area contributed by atoms with Crippen LogP contribution in [0.1, 0.15) is 32.1 Å². The smallest absolute Gasteiger partial charge is 0.143 e. The van der Waals surface area contributed by atoms with Crippen molar-refractivity contribution in [3.05, 3.63) is 30.6 Å². The van der Waals surface area contributed by atoms with Crippen molar-refractivity contribution in [3.63, 3.8) is 0 Å². The minimum absolute atomic E-state index is 0.980. The van der Waals surface area contributed by atoms with E-state index in [2.05, 4.69) is 38.3 Å². The molecule has 1 saturated carbocycles. The fraction of sp³-hybridized carbons (Fsp3) is 0.611. The molecule has 2 aliphatic rings. The van der Waals surface area contributed by atoms with Gasteiger partial charge >= 0.3 is 0 Å². The summed E-state index contributed by atoms with van der Waals surface area (Å²) in [4.78, 5) is 0. The van der Waals surface area contributed by atoms with E-state index in [1.165, 1.54) is 45.2 Å². The van der Waals surface area contributed by atoms with Crippen molar-refractivity contribution in [2.24, 2.45) is 17.8 Å². The number of rotatable bonds is 7. The van der Waals surface area contributed by atoms with E-state index in [9.17, 15) is 0 Å². The van der Waals surface area contributed by atoms with Crippen LogP contribution in [0.4, 0.5) is 5.69 Å². The van der Waals surface area contributed by atoms with Crippen molar-refractivity contribution in [2.75, 3.05) is 25.0 Å². The van der Waals surface area contributed by atoms with E-state index in [4.69, 9.17) is 0 Å². The molecule has 1 saturated heterocycles. The molecule has 0 amide bonds. The Bertz CT molecular complexity index is 617. The summed E-state index contributed by atoms with van der Waals surface area (Å²) in [5.41, 5.74) is 2.14. The zero-order valence-corrected chi connectivity index (χ0v) is 14.1. The van der Waals surface area contributed by atoms with Crippen LogP contribution in [-0.2, 0) is 0 Å². The summed E-state index contributed by atoms with van der Waals surface area (Å²) in [6.45, 7) is 3.52. The van der Waals surface area contributed by atoms with Gasteiger partial charge in [0.1, 0.15) is 6.33 Å². The first-order valence-corrected chi connectivity index (χ1v) is 9.18. The Balaban J connectivity index is 1.16. The second-order valence-corrected chi connectivity index (χ2v) is 7.12. The number of hydrogen-bond acceptors (Lipinski definition) is 5. The highest BCUT2D eigenvalue weighted by molar-refractivity contribution is 5.48. The molecule has 0 spiro atoms. The van der Waals surface area contributed by atoms with Gasteiger partial charge in [0.15, 0.2) is 0 Å². The van der Waals surface area contributed by atoms with Gasteiger partial charge in [-0.1, -0.05) is 0 Å². The molecule has 2 N–H and O–H groups in total. The summed E-state index contributed by atoms with van der Waals surface area (Å²) in [7, 11) is 0. The van der Waals surface area contributed by atoms with E-state index >= 15 is 0 Å². The molecule has 0 unspecified atom stereocenters. The SMILES string of the molecule is c1cc(-n2cnnn2)ccc1NCCC[C@@H]1C[C@@H]1C1CCNCC1. The molecule has 0 bridgehead atoms. The predicted octanol–water partition coefficient (Wildman–Crippen LogP) is 2.49. The molecule has 1 aromatic carbocycles. The Hall–Kier alpha value is -1.95. The fourth-order valence-electron chi connectivity index (χ4n) is 4.06. The Morgan fingerprint density at radius 3 is 2.75 bits per heavy atom. The molecule has 128 valence electrons. The van der Waals surface area contributed by atoms with Gasteiger partial charge in [0.05, 0.1) is 5.69 Å². The summed E-state index contributed by atoms with van der Waals surface area (Å²) < 4.78 is 1.66. The third-order valence-corrected chi connectivity index (χ3v) is 5.53. The summed E-state index contributed by atoms with van der Waals surface area (Å²) >= 11 is 0. The molecule has 1 aromatic heterocycles. The molecule has 1 aliphatic heterocycles. The van der Waals surface area contributed by atoms with Crippen LogP contribution < -0.4 is 10.6 Å². The van der Waals surface area contributed by atoms with Gasteiger partial charge in [0, 0.05) is 12.2 Å². The van der Waals surface area contributed by atoms with Crippen molar-refractivity contribution in [1.29, 1.82) is 0 Å². The summed E-state index contributed by atoms with van der Waals surface area (Å²) in [6, 6.07) is 8.25. The lowest BCUT2D eigenvalue weighted by Gasteiger charge is -2.22. The fourth-order valence-corrected chi connectivity index (χ4v) is 4.06. The standard InChI is InChI=1S/C18H26N6/c1(2-15-12-18(15)14-7-10-19-11-8-14)9-20-16-3-5-17(6-4-16)24-13-21-22-23-24/h3-6,13-15,18-20H,1-2,7-12H2/t15-,18-/m1/s1. The zero-order valence-electron chi connectivity index (χ0n) is 14.1. The maximum absolute atomic E-state index is 3.89. The molecule has 2 aromatic rings. The van der Waals surface area contributed by atoms with Gasteiger partial charge in [-0.05, 0) is 97.6 Å². The number of piperidine rings is 1. The van der Waals surface area contributed by atoms with Crippen LogP contribution in [0.15, 0.2) is 30.6 Å². The molecule has 24 heavy (non-hydrogen) atoms. The minimum atomic E-state index is 0.980. The first kappa shape index (κ1) is 15.6. The number of nitrogens with zero attached hydrogens (tertiary/aromatic N) is 4. The summed E-state index contributed by atoms with van der Waals surface area (Å²) in [6.07, 6.45) is 8.52. The topological polar surface area (TPSA) is 67.7 Å². The second kappa shape index (κ2) is 7.30. The average molecular weight is 326 g/mol. The largest absolute Gasteiger partial charge is 0.385 e. The first-order valence-electron chi connectivity index (χ1n) is 9.18. The van der Waals surface area contributed by atoms with Gasteiger partial charge in [-0.2, -0.15) is 0 Å². The lowest BCUT2D eigenvalue weighted by Crippen LogP contribution is -2.28. The Morgan fingerprint density at radius 2 is 2.00 bits per heavy atom. The number of aromatic nitrogens is 4. The number of benzene rings is 1. The highest BCUT2D eigenvalue weighted by Crippen LogP contribution is 2.49. The Labute approximate surface area is 143 Å². The quantitative estimate of drug-likeness (QED) is 0.765. The monoisotopic (exact) mass is 326 g/mol. The molecule has 1 aliphatic carbocycles. The van der Waals surface area contributed by atoms with E-state index in [-0.39, 0.29) is 0 Å². The van der Waals surface area contributed by atoms with Crippen LogP contribution in [-0.4, -0.2) is 39.8 Å². The average Bonchev–Trinajstić information content (AvgIpc) is 3.20. The van der Waals surface area contributed by atoms with Gasteiger partial charge in [-0.15, -0.1) is 5.10 Å². The highest BCUT2D eigenvalue weighted by atomic mass is 15.5. The Morgan fingerprint density at radius 1 is 1.17 bits per heavy atom. The van der Waals surface area contributed by atoms with E-state index in [1.54, 1.807) is 11.0 Å². The molecule has 6 heteroatoms. The lowest BCUT2D eigenvalue weighted by atomic mass is 9.91. The highest BCUT2D eigenvalue weighted by Gasteiger charge is 2.41. The number of tetrazole rings is 1. The molecule has 0 radical (unpaired) electrons. The minimum Gasteiger partial charge on any atom is -0.385 e. The number of nitrogens with one attached hydrogen (secondary N) is 2. The maximum atomic E-state index is 3.89. The van der Waals surface area contributed by atoms with Crippen LogP contribution in [0.5, 0.6) is 0 Å². The van der Waals surface area contributed by atoms with Gasteiger partial charge in [-0.3, -0.25) is 0 Å². The molecule has 2 heterocycles. The normalized spacial score (nSPS) is 24.0. The van der Waals surface area contributed by atoms with Crippen LogP contribution in [0.3, 0.4) is 0 Å². The lowest BCUT2D eigenvalue weighted by molar-refractivity contribution is 0.320. The van der Waals surface area contributed by atoms with E-state index in [1.807, 2.05) is 12.1 Å². The third-order valence-electron chi connectivity index (χ3n) is 5.53. The number of hydrogen-bond donors (Lipinski definition) is 2. The molecule has 2 atom stereocenters. The predicted molar refractivity (Wildman–Crippen MR) is 94.1 cm³/mol. The van der Waals surface area contributed by atoms with E-state index in [0.717, 1.165) is 35.7 Å². The van der Waals surface area contributed by atoms with Gasteiger partial charge in [0.25, 0.3) is 0 Å². The van der Waals surface area contributed by atoms with Crippen LogP contribution in [0, 0.1) is 17.8 Å². The van der Waals surface area contributed by atoms with Gasteiger partial charge < -0.3 is 10.6 Å². The van der Waals surface area contributed by atoms with Gasteiger partial charge in [0.2, 0.25) is 0 Å². The third kappa shape index (κ3) is 3.75.